The Hall–Kier alpha value is -2.53. The van der Waals surface area contributed by atoms with Crippen molar-refractivity contribution < 1.29 is 19.1 Å². The summed E-state index contributed by atoms with van der Waals surface area (Å²) in [4.78, 5) is 27.8. The summed E-state index contributed by atoms with van der Waals surface area (Å²) in [5, 5.41) is 0.617. The number of hydrogen-bond acceptors (Lipinski definition) is 4. The van der Waals surface area contributed by atoms with E-state index in [1.807, 2.05) is 30.9 Å². The van der Waals surface area contributed by atoms with Gasteiger partial charge in [0.25, 0.3) is 5.91 Å². The minimum Gasteiger partial charge on any atom is -0.486 e. The second-order valence-corrected chi connectivity index (χ2v) is 9.61. The van der Waals surface area contributed by atoms with Gasteiger partial charge in [-0.3, -0.25) is 9.59 Å². The largest absolute Gasteiger partial charge is 0.486 e. The molecule has 0 aromatic heterocycles. The Morgan fingerprint density at radius 3 is 2.35 bits per heavy atom. The molecule has 0 N–H and O–H groups in total. The number of amides is 1. The molecule has 1 spiro atoms. The molecular formula is C25H28ClNO4. The van der Waals surface area contributed by atoms with E-state index >= 15 is 0 Å². The first-order chi connectivity index (χ1) is 14.6. The third-order valence-electron chi connectivity index (χ3n) is 6.37. The van der Waals surface area contributed by atoms with Crippen LogP contribution in [-0.4, -0.2) is 40.9 Å². The van der Waals surface area contributed by atoms with Gasteiger partial charge in [-0.2, -0.15) is 0 Å². The number of hydrogen-bond donors (Lipinski definition) is 0. The lowest BCUT2D eigenvalue weighted by Gasteiger charge is -2.45. The summed E-state index contributed by atoms with van der Waals surface area (Å²) < 4.78 is 12.3. The highest BCUT2D eigenvalue weighted by atomic mass is 35.5. The van der Waals surface area contributed by atoms with E-state index in [9.17, 15) is 9.59 Å². The summed E-state index contributed by atoms with van der Waals surface area (Å²) in [6, 6.07) is 10.9. The Bertz CT molecular complexity index is 1020. The zero-order valence-electron chi connectivity index (χ0n) is 18.5. The third kappa shape index (κ3) is 4.29. The van der Waals surface area contributed by atoms with E-state index in [0.29, 0.717) is 54.4 Å². The monoisotopic (exact) mass is 441 g/mol. The van der Waals surface area contributed by atoms with Crippen LogP contribution in [0.5, 0.6) is 11.5 Å². The fraction of sp³-hybridized carbons (Fsp3) is 0.440. The van der Waals surface area contributed by atoms with Gasteiger partial charge in [0.1, 0.15) is 17.1 Å². The van der Waals surface area contributed by atoms with Crippen LogP contribution in [0, 0.1) is 13.8 Å². The van der Waals surface area contributed by atoms with Gasteiger partial charge in [-0.1, -0.05) is 11.6 Å². The molecule has 2 aliphatic rings. The van der Waals surface area contributed by atoms with Gasteiger partial charge in [0, 0.05) is 31.0 Å². The molecule has 0 unspecified atom stereocenters. The molecular weight excluding hydrogens is 414 g/mol. The van der Waals surface area contributed by atoms with Gasteiger partial charge in [-0.15, -0.1) is 0 Å². The van der Waals surface area contributed by atoms with E-state index < -0.39 is 11.2 Å². The highest BCUT2D eigenvalue weighted by Crippen LogP contribution is 2.40. The number of Topliss-reactive ketones (excluding diaryl/α,β-unsaturated/α-hetero) is 1. The van der Waals surface area contributed by atoms with Gasteiger partial charge in [0.15, 0.2) is 11.4 Å². The number of piperidine rings is 1. The van der Waals surface area contributed by atoms with E-state index in [1.165, 1.54) is 0 Å². The average molecular weight is 442 g/mol. The van der Waals surface area contributed by atoms with Gasteiger partial charge in [0.2, 0.25) is 0 Å². The molecule has 0 radical (unpaired) electrons. The number of carbonyl (C=O) groups excluding carboxylic acids is 2. The topological polar surface area (TPSA) is 55.8 Å². The van der Waals surface area contributed by atoms with Gasteiger partial charge >= 0.3 is 0 Å². The van der Waals surface area contributed by atoms with Gasteiger partial charge in [-0.25, -0.2) is 0 Å². The summed E-state index contributed by atoms with van der Waals surface area (Å²) in [6.07, 6.45) is 1.59. The Morgan fingerprint density at radius 1 is 1.10 bits per heavy atom. The van der Waals surface area contributed by atoms with Crippen LogP contribution in [0.2, 0.25) is 5.02 Å². The number of fused-ring (bicyclic) bond motifs is 1. The van der Waals surface area contributed by atoms with Crippen molar-refractivity contribution in [3.63, 3.8) is 0 Å². The van der Waals surface area contributed by atoms with Crippen molar-refractivity contribution in [3.8, 4) is 11.5 Å². The van der Waals surface area contributed by atoms with E-state index in [-0.39, 0.29) is 11.7 Å². The molecule has 2 heterocycles. The number of aryl methyl sites for hydroxylation is 2. The van der Waals surface area contributed by atoms with E-state index in [2.05, 4.69) is 0 Å². The number of halogens is 1. The lowest BCUT2D eigenvalue weighted by Crippen LogP contribution is -2.56. The number of benzene rings is 2. The van der Waals surface area contributed by atoms with E-state index in [4.69, 9.17) is 21.1 Å². The fourth-order valence-electron chi connectivity index (χ4n) is 4.37. The maximum atomic E-state index is 13.2. The molecule has 31 heavy (non-hydrogen) atoms. The van der Waals surface area contributed by atoms with Crippen molar-refractivity contribution in [1.82, 2.24) is 4.90 Å². The smallest absolute Gasteiger partial charge is 0.266 e. The Morgan fingerprint density at radius 2 is 1.71 bits per heavy atom. The summed E-state index contributed by atoms with van der Waals surface area (Å²) in [5.74, 6) is 1.31. The molecule has 1 saturated heterocycles. The predicted molar refractivity (Wildman–Crippen MR) is 120 cm³/mol. The highest BCUT2D eigenvalue weighted by Gasteiger charge is 2.45. The van der Waals surface area contributed by atoms with Crippen molar-refractivity contribution in [2.45, 2.75) is 58.2 Å². The minimum absolute atomic E-state index is 0.0775. The number of nitrogens with zero attached hydrogens (tertiary/aromatic N) is 1. The van der Waals surface area contributed by atoms with E-state index in [1.54, 1.807) is 38.1 Å². The van der Waals surface area contributed by atoms with Crippen molar-refractivity contribution in [3.05, 3.63) is 58.1 Å². The molecule has 0 saturated carbocycles. The van der Waals surface area contributed by atoms with Crippen LogP contribution in [0.3, 0.4) is 0 Å². The number of ketones is 1. The first kappa shape index (κ1) is 21.7. The second kappa shape index (κ2) is 7.86. The fourth-order valence-corrected chi connectivity index (χ4v) is 4.49. The molecule has 1 fully saturated rings. The quantitative estimate of drug-likeness (QED) is 0.661. The normalized spacial score (nSPS) is 17.8. The summed E-state index contributed by atoms with van der Waals surface area (Å²) in [5.41, 5.74) is 1.32. The standard InChI is InChI=1S/C25H28ClNO4/c1-16-13-20-21(28)15-25(31-22(20)14-17(16)2)9-11-27(12-10-25)23(29)24(3,4)30-19-7-5-18(26)6-8-19/h5-8,13-14H,9-12,15H2,1-4H3. The molecule has 2 aromatic rings. The maximum Gasteiger partial charge on any atom is 0.266 e. The molecule has 6 heteroatoms. The van der Waals surface area contributed by atoms with Crippen molar-refractivity contribution in [1.29, 1.82) is 0 Å². The Labute approximate surface area is 188 Å². The van der Waals surface area contributed by atoms with Crippen LogP contribution in [0.15, 0.2) is 36.4 Å². The average Bonchev–Trinajstić information content (AvgIpc) is 2.71. The lowest BCUT2D eigenvalue weighted by molar-refractivity contribution is -0.149. The molecule has 0 aliphatic carbocycles. The Kier molecular flexibility index (Phi) is 5.50. The SMILES string of the molecule is Cc1cc2c(cc1C)C(=O)CC1(CCN(C(=O)C(C)(C)Oc3ccc(Cl)cc3)CC1)O2. The second-order valence-electron chi connectivity index (χ2n) is 9.18. The number of likely N-dealkylation sites (tertiary alicyclic amines) is 1. The molecule has 0 bridgehead atoms. The predicted octanol–water partition coefficient (Wildman–Crippen LogP) is 5.14. The van der Waals surface area contributed by atoms with E-state index in [0.717, 1.165) is 11.1 Å². The van der Waals surface area contributed by atoms with Crippen LogP contribution >= 0.6 is 11.6 Å². The molecule has 5 nitrogen and oxygen atoms in total. The maximum absolute atomic E-state index is 13.2. The zero-order chi connectivity index (χ0) is 22.4. The van der Waals surface area contributed by atoms with Crippen LogP contribution < -0.4 is 9.47 Å². The highest BCUT2D eigenvalue weighted by molar-refractivity contribution is 6.30. The summed E-state index contributed by atoms with van der Waals surface area (Å²) in [6.45, 7) is 8.63. The zero-order valence-corrected chi connectivity index (χ0v) is 19.2. The molecule has 2 aromatic carbocycles. The minimum atomic E-state index is -1.01. The molecule has 0 atom stereocenters. The first-order valence-corrected chi connectivity index (χ1v) is 11.0. The van der Waals surface area contributed by atoms with Gasteiger partial charge in [0.05, 0.1) is 12.0 Å². The molecule has 1 amide bonds. The van der Waals surface area contributed by atoms with Crippen molar-refractivity contribution in [2.24, 2.45) is 0 Å². The van der Waals surface area contributed by atoms with Crippen LogP contribution in [0.1, 0.15) is 54.6 Å². The number of ether oxygens (including phenoxy) is 2. The third-order valence-corrected chi connectivity index (χ3v) is 6.62. The van der Waals surface area contributed by atoms with Gasteiger partial charge in [-0.05, 0) is 75.2 Å². The van der Waals surface area contributed by atoms with Crippen LogP contribution in [-0.2, 0) is 4.79 Å². The molecule has 2 aliphatic heterocycles. The molecule has 164 valence electrons. The number of carbonyl (C=O) groups is 2. The summed E-state index contributed by atoms with van der Waals surface area (Å²) >= 11 is 5.93. The van der Waals surface area contributed by atoms with Crippen molar-refractivity contribution in [2.75, 3.05) is 13.1 Å². The Balaban J connectivity index is 1.44. The lowest BCUT2D eigenvalue weighted by atomic mass is 9.81. The first-order valence-electron chi connectivity index (χ1n) is 10.7. The molecule has 4 rings (SSSR count). The van der Waals surface area contributed by atoms with Crippen molar-refractivity contribution >= 4 is 23.3 Å². The van der Waals surface area contributed by atoms with Crippen LogP contribution in [0.4, 0.5) is 0 Å². The number of rotatable bonds is 3. The van der Waals surface area contributed by atoms with Gasteiger partial charge < -0.3 is 14.4 Å². The van der Waals surface area contributed by atoms with Crippen LogP contribution in [0.25, 0.3) is 0 Å². The summed E-state index contributed by atoms with van der Waals surface area (Å²) in [7, 11) is 0.